The molecular weight excluding hydrogens is 260 g/mol. The van der Waals surface area contributed by atoms with Crippen molar-refractivity contribution in [3.8, 4) is 0 Å². The summed E-state index contributed by atoms with van der Waals surface area (Å²) in [7, 11) is 0. The fraction of sp³-hybridized carbons (Fsp3) is 0.895. The Bertz CT molecular complexity index is 443. The number of fused-ring (bicyclic) bond motifs is 3. The number of ether oxygens (including phenoxy) is 1. The summed E-state index contributed by atoms with van der Waals surface area (Å²) in [5.41, 5.74) is -0.504. The zero-order valence-corrected chi connectivity index (χ0v) is 14.2. The van der Waals surface area contributed by atoms with Crippen molar-refractivity contribution >= 4 is 0 Å². The van der Waals surface area contributed by atoms with Crippen LogP contribution in [0.4, 0.5) is 0 Å². The number of hydrogen-bond donors (Lipinski definition) is 1. The molecule has 3 rings (SSSR count). The van der Waals surface area contributed by atoms with E-state index in [0.29, 0.717) is 11.8 Å². The van der Waals surface area contributed by atoms with Gasteiger partial charge in [0.1, 0.15) is 0 Å². The minimum absolute atomic E-state index is 0.0557. The highest BCUT2D eigenvalue weighted by molar-refractivity contribution is 5.13. The minimum atomic E-state index is -0.493. The molecule has 3 fully saturated rings. The van der Waals surface area contributed by atoms with Crippen LogP contribution in [0.3, 0.4) is 0 Å². The van der Waals surface area contributed by atoms with Crippen LogP contribution in [0.25, 0.3) is 0 Å². The second kappa shape index (κ2) is 4.58. The molecule has 3 aliphatic rings. The van der Waals surface area contributed by atoms with Crippen LogP contribution >= 0.6 is 0 Å². The van der Waals surface area contributed by atoms with Crippen LogP contribution in [0.2, 0.25) is 0 Å². The predicted octanol–water partition coefficient (Wildman–Crippen LogP) is 4.47. The van der Waals surface area contributed by atoms with Gasteiger partial charge in [-0.05, 0) is 76.5 Å². The van der Waals surface area contributed by atoms with E-state index in [2.05, 4.69) is 34.3 Å². The van der Waals surface area contributed by atoms with E-state index in [1.54, 1.807) is 0 Å². The predicted molar refractivity (Wildman–Crippen MR) is 86.1 cm³/mol. The molecule has 1 aliphatic heterocycles. The molecule has 0 aromatic carbocycles. The molecule has 2 nitrogen and oxygen atoms in total. The summed E-state index contributed by atoms with van der Waals surface area (Å²) < 4.78 is 6.60. The summed E-state index contributed by atoms with van der Waals surface area (Å²) in [6.45, 7) is 13.0. The first-order chi connectivity index (χ1) is 9.65. The van der Waals surface area contributed by atoms with Gasteiger partial charge >= 0.3 is 0 Å². The van der Waals surface area contributed by atoms with Crippen molar-refractivity contribution < 1.29 is 9.84 Å². The highest BCUT2D eigenvalue weighted by Gasteiger charge is 2.61. The highest BCUT2D eigenvalue weighted by atomic mass is 16.5. The second-order valence-electron chi connectivity index (χ2n) is 8.83. The van der Waals surface area contributed by atoms with Crippen LogP contribution < -0.4 is 0 Å². The first-order valence-corrected chi connectivity index (χ1v) is 8.71. The fourth-order valence-electron chi connectivity index (χ4n) is 6.16. The molecule has 0 spiro atoms. The molecule has 0 aromatic rings. The molecule has 2 saturated carbocycles. The number of aliphatic hydroxyl groups is 1. The summed E-state index contributed by atoms with van der Waals surface area (Å²) in [4.78, 5) is 0. The number of rotatable bonds is 1. The van der Waals surface area contributed by atoms with Crippen molar-refractivity contribution in [3.63, 3.8) is 0 Å². The zero-order valence-electron chi connectivity index (χ0n) is 14.2. The van der Waals surface area contributed by atoms with E-state index >= 15 is 0 Å². The van der Waals surface area contributed by atoms with Crippen molar-refractivity contribution in [3.05, 3.63) is 12.7 Å². The van der Waals surface area contributed by atoms with Gasteiger partial charge in [0.25, 0.3) is 0 Å². The van der Waals surface area contributed by atoms with Gasteiger partial charge in [-0.3, -0.25) is 0 Å². The first-order valence-electron chi connectivity index (χ1n) is 8.71. The van der Waals surface area contributed by atoms with E-state index < -0.39 is 5.60 Å². The smallest absolute Gasteiger partial charge is 0.0839 e. The van der Waals surface area contributed by atoms with E-state index in [4.69, 9.17) is 4.74 Å². The van der Waals surface area contributed by atoms with Crippen LogP contribution in [-0.4, -0.2) is 21.9 Å². The van der Waals surface area contributed by atoms with Crippen LogP contribution in [0.15, 0.2) is 12.7 Å². The lowest BCUT2D eigenvalue weighted by atomic mass is 9.46. The molecule has 6 atom stereocenters. The Labute approximate surface area is 130 Å². The van der Waals surface area contributed by atoms with E-state index in [9.17, 15) is 5.11 Å². The maximum absolute atomic E-state index is 10.9. The molecule has 0 amide bonds. The lowest BCUT2D eigenvalue weighted by molar-refractivity contribution is -0.261. The van der Waals surface area contributed by atoms with Crippen LogP contribution in [0.1, 0.15) is 72.6 Å². The Morgan fingerprint density at radius 1 is 1.00 bits per heavy atom. The third-order valence-corrected chi connectivity index (χ3v) is 7.24. The van der Waals surface area contributed by atoms with Crippen LogP contribution in [0.5, 0.6) is 0 Å². The molecule has 0 aromatic heterocycles. The molecule has 2 heteroatoms. The summed E-state index contributed by atoms with van der Waals surface area (Å²) >= 11 is 0. The van der Waals surface area contributed by atoms with E-state index in [-0.39, 0.29) is 16.6 Å². The molecule has 1 N–H and O–H groups in total. The summed E-state index contributed by atoms with van der Waals surface area (Å²) in [6.07, 6.45) is 9.74. The summed E-state index contributed by atoms with van der Waals surface area (Å²) in [5, 5.41) is 10.9. The Morgan fingerprint density at radius 3 is 2.33 bits per heavy atom. The largest absolute Gasteiger partial charge is 0.390 e. The SMILES string of the molecule is C=C[C@@]1(C)CC[C@@H]2[C@@]3(C)CCC[C@@](C)(O)[C@@H]3CC[C@@]2(C)O1. The van der Waals surface area contributed by atoms with Crippen LogP contribution in [-0.2, 0) is 4.74 Å². The number of hydrogen-bond acceptors (Lipinski definition) is 2. The molecule has 0 unspecified atom stereocenters. The van der Waals surface area contributed by atoms with Gasteiger partial charge in [0.15, 0.2) is 0 Å². The van der Waals surface area contributed by atoms with Gasteiger partial charge in [0.05, 0.1) is 16.8 Å². The maximum atomic E-state index is 10.9. The monoisotopic (exact) mass is 292 g/mol. The van der Waals surface area contributed by atoms with E-state index in [1.165, 1.54) is 12.8 Å². The molecule has 1 heterocycles. The lowest BCUT2D eigenvalue weighted by Crippen LogP contribution is -2.64. The van der Waals surface area contributed by atoms with E-state index in [0.717, 1.165) is 32.1 Å². The average molecular weight is 292 g/mol. The molecule has 120 valence electrons. The average Bonchev–Trinajstić information content (AvgIpc) is 2.36. The van der Waals surface area contributed by atoms with Gasteiger partial charge in [-0.1, -0.05) is 19.4 Å². The zero-order chi connectivity index (χ0) is 15.5. The van der Waals surface area contributed by atoms with E-state index in [1.807, 2.05) is 6.08 Å². The van der Waals surface area contributed by atoms with Gasteiger partial charge in [-0.15, -0.1) is 6.58 Å². The third kappa shape index (κ3) is 2.21. The van der Waals surface area contributed by atoms with Crippen molar-refractivity contribution in [1.29, 1.82) is 0 Å². The minimum Gasteiger partial charge on any atom is -0.390 e. The lowest BCUT2D eigenvalue weighted by Gasteiger charge is -2.64. The third-order valence-electron chi connectivity index (χ3n) is 7.24. The van der Waals surface area contributed by atoms with Crippen molar-refractivity contribution in [2.24, 2.45) is 17.3 Å². The van der Waals surface area contributed by atoms with Crippen molar-refractivity contribution in [2.45, 2.75) is 89.4 Å². The molecular formula is C19H32O2. The van der Waals surface area contributed by atoms with Gasteiger partial charge < -0.3 is 9.84 Å². The first kappa shape index (κ1) is 15.6. The fourth-order valence-corrected chi connectivity index (χ4v) is 6.16. The van der Waals surface area contributed by atoms with Gasteiger partial charge in [0, 0.05) is 0 Å². The Morgan fingerprint density at radius 2 is 1.67 bits per heavy atom. The molecule has 21 heavy (non-hydrogen) atoms. The molecule has 2 aliphatic carbocycles. The molecule has 1 saturated heterocycles. The summed E-state index contributed by atoms with van der Waals surface area (Å²) in [5.74, 6) is 0.983. The van der Waals surface area contributed by atoms with Gasteiger partial charge in [-0.25, -0.2) is 0 Å². The van der Waals surface area contributed by atoms with Gasteiger partial charge in [-0.2, -0.15) is 0 Å². The molecule has 0 radical (unpaired) electrons. The normalized spacial score (nSPS) is 57.2. The summed E-state index contributed by atoms with van der Waals surface area (Å²) in [6, 6.07) is 0. The quantitative estimate of drug-likeness (QED) is 0.723. The second-order valence-corrected chi connectivity index (χ2v) is 8.83. The Hall–Kier alpha value is -0.340. The Kier molecular flexibility index (Phi) is 3.39. The van der Waals surface area contributed by atoms with Crippen molar-refractivity contribution in [1.82, 2.24) is 0 Å². The topological polar surface area (TPSA) is 29.5 Å². The Balaban J connectivity index is 1.94. The molecule has 0 bridgehead atoms. The van der Waals surface area contributed by atoms with Crippen molar-refractivity contribution in [2.75, 3.05) is 0 Å². The van der Waals surface area contributed by atoms with Crippen LogP contribution in [0, 0.1) is 17.3 Å². The standard InChI is InChI=1S/C19H32O2/c1-6-16(2)12-8-15-17(3)10-7-11-18(4,20)14(17)9-13-19(15,5)21-16/h6,14-15,20H,1,7-13H2,2-5H3/t14-,15-,16+,17+,18-,19-/m1/s1. The highest BCUT2D eigenvalue weighted by Crippen LogP contribution is 2.63. The maximum Gasteiger partial charge on any atom is 0.0839 e. The van der Waals surface area contributed by atoms with Gasteiger partial charge in [0.2, 0.25) is 0 Å².